The first kappa shape index (κ1) is 15.5. The Morgan fingerprint density at radius 2 is 2.08 bits per heavy atom. The molecule has 4 atom stereocenters. The summed E-state index contributed by atoms with van der Waals surface area (Å²) in [5, 5.41) is 8.89. The van der Waals surface area contributed by atoms with Crippen molar-refractivity contribution >= 4 is 17.7 Å². The van der Waals surface area contributed by atoms with Gasteiger partial charge in [-0.15, -0.1) is 0 Å². The summed E-state index contributed by atoms with van der Waals surface area (Å²) < 4.78 is 26.4. The normalized spacial score (nSPS) is 31.2. The van der Waals surface area contributed by atoms with Gasteiger partial charge in [0.1, 0.15) is 11.5 Å². The SMILES string of the molecule is C[C@H]1CCN1c1nc(C(F)F)cc(N2C[C@@H]3C(CC(=O)O)[C@@H]3C2)n1. The van der Waals surface area contributed by atoms with E-state index in [1.807, 2.05) is 16.7 Å². The van der Waals surface area contributed by atoms with Crippen LogP contribution < -0.4 is 9.80 Å². The number of carbonyl (C=O) groups is 1. The molecule has 4 rings (SSSR count). The third-order valence-corrected chi connectivity index (χ3v) is 5.63. The molecule has 1 unspecified atom stereocenters. The van der Waals surface area contributed by atoms with Crippen LogP contribution in [0.3, 0.4) is 0 Å². The Morgan fingerprint density at radius 3 is 2.58 bits per heavy atom. The van der Waals surface area contributed by atoms with E-state index in [0.29, 0.717) is 36.7 Å². The van der Waals surface area contributed by atoms with Crippen molar-refractivity contribution in [2.75, 3.05) is 29.4 Å². The lowest BCUT2D eigenvalue weighted by Crippen LogP contribution is -2.47. The lowest BCUT2D eigenvalue weighted by Gasteiger charge is -2.39. The predicted molar refractivity (Wildman–Crippen MR) is 83.3 cm³/mol. The van der Waals surface area contributed by atoms with Crippen LogP contribution in [-0.2, 0) is 4.79 Å². The lowest BCUT2D eigenvalue weighted by molar-refractivity contribution is -0.137. The van der Waals surface area contributed by atoms with Gasteiger partial charge in [0.25, 0.3) is 6.43 Å². The van der Waals surface area contributed by atoms with Gasteiger partial charge in [-0.05, 0) is 31.1 Å². The Hall–Kier alpha value is -1.99. The molecule has 8 heteroatoms. The Kier molecular flexibility index (Phi) is 3.58. The maximum Gasteiger partial charge on any atom is 0.303 e. The second-order valence-electron chi connectivity index (χ2n) is 7.08. The van der Waals surface area contributed by atoms with Gasteiger partial charge in [0.2, 0.25) is 5.95 Å². The van der Waals surface area contributed by atoms with Crippen LogP contribution >= 0.6 is 0 Å². The number of fused-ring (bicyclic) bond motifs is 1. The van der Waals surface area contributed by atoms with Crippen molar-refractivity contribution in [1.82, 2.24) is 9.97 Å². The van der Waals surface area contributed by atoms with Crippen molar-refractivity contribution in [3.63, 3.8) is 0 Å². The summed E-state index contributed by atoms with van der Waals surface area (Å²) in [6.07, 6.45) is -1.41. The van der Waals surface area contributed by atoms with Gasteiger partial charge in [-0.25, -0.2) is 13.8 Å². The second kappa shape index (κ2) is 5.53. The van der Waals surface area contributed by atoms with E-state index in [-0.39, 0.29) is 24.1 Å². The predicted octanol–water partition coefficient (Wildman–Crippen LogP) is 2.17. The van der Waals surface area contributed by atoms with Gasteiger partial charge in [-0.3, -0.25) is 4.79 Å². The number of halogens is 2. The van der Waals surface area contributed by atoms with E-state index in [1.165, 1.54) is 6.07 Å². The van der Waals surface area contributed by atoms with Gasteiger partial charge in [0, 0.05) is 38.2 Å². The van der Waals surface area contributed by atoms with E-state index in [9.17, 15) is 13.6 Å². The standard InChI is InChI=1S/C16H20F2N4O2/c1-8-2-3-22(8)16-19-12(15(17)18)5-13(20-16)21-6-10-9(4-14(23)24)11(10)7-21/h5,8-11,15H,2-4,6-7H2,1H3,(H,23,24)/t8-,9?,10-,11+/m0/s1. The lowest BCUT2D eigenvalue weighted by atomic mass is 10.1. The zero-order valence-electron chi connectivity index (χ0n) is 13.4. The van der Waals surface area contributed by atoms with Crippen LogP contribution in [0.2, 0.25) is 0 Å². The highest BCUT2D eigenvalue weighted by Crippen LogP contribution is 2.54. The van der Waals surface area contributed by atoms with Crippen LogP contribution in [-0.4, -0.2) is 46.7 Å². The molecule has 0 bridgehead atoms. The fourth-order valence-electron chi connectivity index (χ4n) is 4.00. The quantitative estimate of drug-likeness (QED) is 0.887. The van der Waals surface area contributed by atoms with Gasteiger partial charge in [0.05, 0.1) is 0 Å². The summed E-state index contributed by atoms with van der Waals surface area (Å²) >= 11 is 0. The zero-order valence-corrected chi connectivity index (χ0v) is 13.4. The molecule has 6 nitrogen and oxygen atoms in total. The molecule has 130 valence electrons. The van der Waals surface area contributed by atoms with Crippen LogP contribution in [0, 0.1) is 17.8 Å². The molecular formula is C16H20F2N4O2. The van der Waals surface area contributed by atoms with Gasteiger partial charge in [-0.2, -0.15) is 4.98 Å². The smallest absolute Gasteiger partial charge is 0.303 e. The molecule has 1 aromatic heterocycles. The van der Waals surface area contributed by atoms with Gasteiger partial charge in [-0.1, -0.05) is 0 Å². The highest BCUT2D eigenvalue weighted by Gasteiger charge is 2.56. The number of alkyl halides is 2. The minimum absolute atomic E-state index is 0.200. The van der Waals surface area contributed by atoms with E-state index in [4.69, 9.17) is 5.11 Å². The molecule has 3 aliphatic rings. The number of nitrogens with zero attached hydrogens (tertiary/aromatic N) is 4. The van der Waals surface area contributed by atoms with Crippen molar-refractivity contribution < 1.29 is 18.7 Å². The number of aliphatic carboxylic acids is 1. The fraction of sp³-hybridized carbons (Fsp3) is 0.688. The third kappa shape index (κ3) is 2.57. The summed E-state index contributed by atoms with van der Waals surface area (Å²) in [6, 6.07) is 1.65. The van der Waals surface area contributed by atoms with Gasteiger partial charge in [0.15, 0.2) is 0 Å². The molecule has 2 aliphatic heterocycles. The van der Waals surface area contributed by atoms with E-state index < -0.39 is 12.4 Å². The number of carboxylic acids is 1. The number of carboxylic acid groups (broad SMARTS) is 1. The Labute approximate surface area is 138 Å². The molecule has 2 saturated heterocycles. The molecule has 0 spiro atoms. The van der Waals surface area contributed by atoms with Crippen LogP contribution in [0.1, 0.15) is 31.9 Å². The average Bonchev–Trinajstić information content (AvgIpc) is 2.96. The average molecular weight is 338 g/mol. The number of hydrogen-bond donors (Lipinski definition) is 1. The van der Waals surface area contributed by atoms with Crippen LogP contribution in [0.5, 0.6) is 0 Å². The van der Waals surface area contributed by atoms with E-state index in [0.717, 1.165) is 13.0 Å². The van der Waals surface area contributed by atoms with E-state index >= 15 is 0 Å². The maximum absolute atomic E-state index is 13.2. The van der Waals surface area contributed by atoms with E-state index in [2.05, 4.69) is 9.97 Å². The third-order valence-electron chi connectivity index (χ3n) is 5.63. The highest BCUT2D eigenvalue weighted by molar-refractivity contribution is 5.68. The van der Waals surface area contributed by atoms with E-state index in [1.54, 1.807) is 0 Å². The van der Waals surface area contributed by atoms with Crippen LogP contribution in [0.15, 0.2) is 6.07 Å². The van der Waals surface area contributed by atoms with Crippen molar-refractivity contribution in [3.8, 4) is 0 Å². The van der Waals surface area contributed by atoms with Gasteiger partial charge < -0.3 is 14.9 Å². The molecule has 0 amide bonds. The number of aromatic nitrogens is 2. The van der Waals surface area contributed by atoms with Crippen molar-refractivity contribution in [3.05, 3.63) is 11.8 Å². The Balaban J connectivity index is 1.52. The topological polar surface area (TPSA) is 69.6 Å². The molecule has 1 aliphatic carbocycles. The molecule has 0 radical (unpaired) electrons. The number of hydrogen-bond acceptors (Lipinski definition) is 5. The molecule has 1 saturated carbocycles. The largest absolute Gasteiger partial charge is 0.481 e. The van der Waals surface area contributed by atoms with Crippen molar-refractivity contribution in [1.29, 1.82) is 0 Å². The zero-order chi connectivity index (χ0) is 17.0. The maximum atomic E-state index is 13.2. The highest BCUT2D eigenvalue weighted by atomic mass is 19.3. The molecule has 1 aromatic rings. The first-order chi connectivity index (χ1) is 11.4. The summed E-state index contributed by atoms with van der Waals surface area (Å²) in [4.78, 5) is 23.3. The van der Waals surface area contributed by atoms with Gasteiger partial charge >= 0.3 is 5.97 Å². The summed E-state index contributed by atoms with van der Waals surface area (Å²) in [7, 11) is 0. The summed E-state index contributed by atoms with van der Waals surface area (Å²) in [5.74, 6) is 1.07. The minimum Gasteiger partial charge on any atom is -0.481 e. The summed E-state index contributed by atoms with van der Waals surface area (Å²) in [5.41, 5.74) is -0.239. The van der Waals surface area contributed by atoms with Crippen LogP contribution in [0.25, 0.3) is 0 Å². The molecular weight excluding hydrogens is 318 g/mol. The monoisotopic (exact) mass is 338 g/mol. The summed E-state index contributed by atoms with van der Waals surface area (Å²) in [6.45, 7) is 4.21. The van der Waals surface area contributed by atoms with Crippen molar-refractivity contribution in [2.24, 2.45) is 17.8 Å². The number of rotatable bonds is 5. The fourth-order valence-corrected chi connectivity index (χ4v) is 4.00. The molecule has 3 fully saturated rings. The first-order valence-corrected chi connectivity index (χ1v) is 8.34. The molecule has 3 heterocycles. The molecule has 24 heavy (non-hydrogen) atoms. The second-order valence-corrected chi connectivity index (χ2v) is 7.08. The molecule has 1 N–H and O–H groups in total. The van der Waals surface area contributed by atoms with Crippen molar-refractivity contribution in [2.45, 2.75) is 32.2 Å². The Morgan fingerprint density at radius 1 is 1.38 bits per heavy atom. The minimum atomic E-state index is -2.63. The van der Waals surface area contributed by atoms with Crippen LogP contribution in [0.4, 0.5) is 20.5 Å². The Bertz CT molecular complexity index is 659. The number of piperidine rings is 1. The number of anilines is 2. The first-order valence-electron chi connectivity index (χ1n) is 8.34. The molecule has 0 aromatic carbocycles.